The van der Waals surface area contributed by atoms with Gasteiger partial charge in [0.25, 0.3) is 0 Å². The lowest BCUT2D eigenvalue weighted by molar-refractivity contribution is -0.385. The van der Waals surface area contributed by atoms with E-state index in [1.807, 2.05) is 0 Å². The fraction of sp³-hybridized carbons (Fsp3) is 0.600. The molecule has 1 aliphatic rings. The maximum Gasteiger partial charge on any atom is 0.311 e. The number of aliphatic hydroxyl groups excluding tert-OH is 1. The summed E-state index contributed by atoms with van der Waals surface area (Å²) >= 11 is 0. The van der Waals surface area contributed by atoms with Crippen molar-refractivity contribution in [2.24, 2.45) is 5.92 Å². The number of nitrogens with zero attached hydrogens (tertiary/aromatic N) is 1. The second-order valence-electron chi connectivity index (χ2n) is 5.91. The molecule has 0 saturated heterocycles. The SMILES string of the molecule is COc1cc(NC2(CO)CCCC(C)C2)ccc1[N+](=O)[O-]. The van der Waals surface area contributed by atoms with Crippen LogP contribution in [0, 0.1) is 16.0 Å². The number of methoxy groups -OCH3 is 1. The molecule has 0 amide bonds. The number of benzene rings is 1. The standard InChI is InChI=1S/C15H22N2O4/c1-11-4-3-7-15(9-11,10-18)16-12-5-6-13(17(19)20)14(8-12)21-2/h5-6,8,11,16,18H,3-4,7,9-10H2,1-2H3. The highest BCUT2D eigenvalue weighted by atomic mass is 16.6. The van der Waals surface area contributed by atoms with E-state index in [1.54, 1.807) is 12.1 Å². The molecule has 1 aromatic rings. The van der Waals surface area contributed by atoms with Gasteiger partial charge in [-0.2, -0.15) is 0 Å². The molecule has 0 bridgehead atoms. The van der Waals surface area contributed by atoms with Crippen molar-refractivity contribution in [2.75, 3.05) is 19.0 Å². The van der Waals surface area contributed by atoms with Gasteiger partial charge in [0.1, 0.15) is 0 Å². The fourth-order valence-corrected chi connectivity index (χ4v) is 3.17. The second-order valence-corrected chi connectivity index (χ2v) is 5.91. The Hall–Kier alpha value is -1.82. The molecule has 2 rings (SSSR count). The smallest absolute Gasteiger partial charge is 0.311 e. The van der Waals surface area contributed by atoms with Gasteiger partial charge in [0, 0.05) is 17.8 Å². The molecule has 1 fully saturated rings. The van der Waals surface area contributed by atoms with Gasteiger partial charge in [0.05, 0.1) is 24.2 Å². The van der Waals surface area contributed by atoms with Crippen molar-refractivity contribution in [3.05, 3.63) is 28.3 Å². The third kappa shape index (κ3) is 3.44. The van der Waals surface area contributed by atoms with Crippen molar-refractivity contribution in [1.29, 1.82) is 0 Å². The van der Waals surface area contributed by atoms with Gasteiger partial charge in [-0.1, -0.05) is 19.8 Å². The molecule has 0 spiro atoms. The van der Waals surface area contributed by atoms with Crippen LogP contribution in [-0.4, -0.2) is 29.3 Å². The molecule has 116 valence electrons. The molecule has 6 heteroatoms. The summed E-state index contributed by atoms with van der Waals surface area (Å²) < 4.78 is 5.08. The molecule has 0 aliphatic heterocycles. The van der Waals surface area contributed by atoms with Crippen LogP contribution in [-0.2, 0) is 0 Å². The van der Waals surface area contributed by atoms with E-state index in [1.165, 1.54) is 19.6 Å². The lowest BCUT2D eigenvalue weighted by Crippen LogP contribution is -2.45. The number of anilines is 1. The summed E-state index contributed by atoms with van der Waals surface area (Å²) in [5, 5.41) is 24.1. The molecule has 1 saturated carbocycles. The van der Waals surface area contributed by atoms with E-state index in [4.69, 9.17) is 4.74 Å². The van der Waals surface area contributed by atoms with Gasteiger partial charge in [0.2, 0.25) is 0 Å². The third-order valence-electron chi connectivity index (χ3n) is 4.18. The topological polar surface area (TPSA) is 84.6 Å². The summed E-state index contributed by atoms with van der Waals surface area (Å²) in [7, 11) is 1.41. The van der Waals surface area contributed by atoms with Crippen molar-refractivity contribution in [1.82, 2.24) is 0 Å². The molecule has 2 unspecified atom stereocenters. The van der Waals surface area contributed by atoms with E-state index in [9.17, 15) is 15.2 Å². The van der Waals surface area contributed by atoms with E-state index >= 15 is 0 Å². The van der Waals surface area contributed by atoms with Gasteiger partial charge >= 0.3 is 5.69 Å². The largest absolute Gasteiger partial charge is 0.490 e. The summed E-state index contributed by atoms with van der Waals surface area (Å²) in [6.07, 6.45) is 4.03. The minimum Gasteiger partial charge on any atom is -0.490 e. The second kappa shape index (κ2) is 6.30. The van der Waals surface area contributed by atoms with Crippen molar-refractivity contribution in [3.63, 3.8) is 0 Å². The summed E-state index contributed by atoms with van der Waals surface area (Å²) in [5.74, 6) is 0.778. The summed E-state index contributed by atoms with van der Waals surface area (Å²) in [6, 6.07) is 4.71. The predicted octanol–water partition coefficient (Wildman–Crippen LogP) is 2.96. The van der Waals surface area contributed by atoms with Crippen molar-refractivity contribution < 1.29 is 14.8 Å². The number of ether oxygens (including phenoxy) is 1. The fourth-order valence-electron chi connectivity index (χ4n) is 3.17. The summed E-state index contributed by atoms with van der Waals surface area (Å²) in [5.41, 5.74) is 0.331. The number of nitro groups is 1. The van der Waals surface area contributed by atoms with Crippen LogP contribution in [0.15, 0.2) is 18.2 Å². The highest BCUT2D eigenvalue weighted by Gasteiger charge is 2.34. The number of aliphatic hydroxyl groups is 1. The number of hydrogen-bond acceptors (Lipinski definition) is 5. The summed E-state index contributed by atoms with van der Waals surface area (Å²) in [4.78, 5) is 10.4. The van der Waals surface area contributed by atoms with Crippen LogP contribution in [0.1, 0.15) is 32.6 Å². The molecule has 0 aromatic heterocycles. The van der Waals surface area contributed by atoms with E-state index in [-0.39, 0.29) is 23.6 Å². The van der Waals surface area contributed by atoms with E-state index in [0.717, 1.165) is 24.9 Å². The van der Waals surface area contributed by atoms with Gasteiger partial charge in [-0.3, -0.25) is 10.1 Å². The van der Waals surface area contributed by atoms with E-state index in [2.05, 4.69) is 12.2 Å². The Kier molecular flexibility index (Phi) is 4.67. The first-order valence-corrected chi connectivity index (χ1v) is 7.21. The Bertz CT molecular complexity index is 520. The zero-order valence-electron chi connectivity index (χ0n) is 12.5. The van der Waals surface area contributed by atoms with Crippen molar-refractivity contribution in [3.8, 4) is 5.75 Å². The Balaban J connectivity index is 2.23. The van der Waals surface area contributed by atoms with Crippen LogP contribution in [0.25, 0.3) is 0 Å². The van der Waals surface area contributed by atoms with Gasteiger partial charge in [-0.05, 0) is 24.8 Å². The molecule has 1 aliphatic carbocycles. The van der Waals surface area contributed by atoms with Crippen LogP contribution < -0.4 is 10.1 Å². The van der Waals surface area contributed by atoms with Gasteiger partial charge < -0.3 is 15.2 Å². The highest BCUT2D eigenvalue weighted by Crippen LogP contribution is 2.37. The first-order valence-electron chi connectivity index (χ1n) is 7.21. The number of hydrogen-bond donors (Lipinski definition) is 2. The molecule has 21 heavy (non-hydrogen) atoms. The minimum atomic E-state index is -0.465. The Morgan fingerprint density at radius 1 is 1.57 bits per heavy atom. The van der Waals surface area contributed by atoms with E-state index < -0.39 is 4.92 Å². The van der Waals surface area contributed by atoms with Crippen molar-refractivity contribution >= 4 is 11.4 Å². The normalized spacial score (nSPS) is 25.4. The predicted molar refractivity (Wildman–Crippen MR) is 80.7 cm³/mol. The minimum absolute atomic E-state index is 0.0522. The maximum atomic E-state index is 10.9. The molecule has 0 heterocycles. The monoisotopic (exact) mass is 294 g/mol. The van der Waals surface area contributed by atoms with Crippen LogP contribution in [0.3, 0.4) is 0 Å². The Morgan fingerprint density at radius 3 is 2.90 bits per heavy atom. The van der Waals surface area contributed by atoms with Crippen LogP contribution in [0.4, 0.5) is 11.4 Å². The first kappa shape index (κ1) is 15.6. The molecule has 6 nitrogen and oxygen atoms in total. The first-order chi connectivity index (χ1) is 9.99. The van der Waals surface area contributed by atoms with Crippen molar-refractivity contribution in [2.45, 2.75) is 38.1 Å². The van der Waals surface area contributed by atoms with Gasteiger partial charge in [0.15, 0.2) is 5.75 Å². The molecule has 0 radical (unpaired) electrons. The zero-order chi connectivity index (χ0) is 15.5. The van der Waals surface area contributed by atoms with Gasteiger partial charge in [-0.25, -0.2) is 0 Å². The number of nitrogens with one attached hydrogen (secondary N) is 1. The van der Waals surface area contributed by atoms with Crippen LogP contribution >= 0.6 is 0 Å². The third-order valence-corrected chi connectivity index (χ3v) is 4.18. The lowest BCUT2D eigenvalue weighted by Gasteiger charge is -2.40. The van der Waals surface area contributed by atoms with Gasteiger partial charge in [-0.15, -0.1) is 0 Å². The zero-order valence-corrected chi connectivity index (χ0v) is 12.5. The molecular weight excluding hydrogens is 272 g/mol. The van der Waals surface area contributed by atoms with Crippen LogP contribution in [0.2, 0.25) is 0 Å². The molecular formula is C15H22N2O4. The lowest BCUT2D eigenvalue weighted by atomic mass is 9.76. The van der Waals surface area contributed by atoms with E-state index in [0.29, 0.717) is 5.92 Å². The maximum absolute atomic E-state index is 10.9. The summed E-state index contributed by atoms with van der Waals surface area (Å²) in [6.45, 7) is 2.23. The molecule has 2 N–H and O–H groups in total. The van der Waals surface area contributed by atoms with Crippen LogP contribution in [0.5, 0.6) is 5.75 Å². The molecule has 2 atom stereocenters. The Labute approximate surface area is 124 Å². The highest BCUT2D eigenvalue weighted by molar-refractivity contribution is 5.59. The molecule has 1 aromatic carbocycles. The number of rotatable bonds is 5. The number of nitro benzene ring substituents is 1. The average Bonchev–Trinajstić information content (AvgIpc) is 2.46. The average molecular weight is 294 g/mol. The quantitative estimate of drug-likeness (QED) is 0.644. The Morgan fingerprint density at radius 2 is 2.33 bits per heavy atom.